The monoisotopic (exact) mass is 328 g/mol. The van der Waals surface area contributed by atoms with Crippen LogP contribution >= 0.6 is 0 Å². The predicted octanol–water partition coefficient (Wildman–Crippen LogP) is 2.77. The van der Waals surface area contributed by atoms with Crippen molar-refractivity contribution in [3.05, 3.63) is 69.8 Å². The molecule has 0 spiro atoms. The quantitative estimate of drug-likeness (QED) is 0.819. The molecule has 0 aliphatic heterocycles. The van der Waals surface area contributed by atoms with E-state index < -0.39 is 17.9 Å². The molecule has 6 heteroatoms. The van der Waals surface area contributed by atoms with E-state index in [2.05, 4.69) is 0 Å². The number of methoxy groups -OCH3 is 1. The second-order valence-electron chi connectivity index (χ2n) is 5.21. The minimum atomic E-state index is -1.30. The first-order valence-electron chi connectivity index (χ1n) is 7.12. The van der Waals surface area contributed by atoms with Gasteiger partial charge in [-0.25, -0.2) is 14.4 Å². The van der Waals surface area contributed by atoms with E-state index in [4.69, 9.17) is 4.74 Å². The fraction of sp³-hybridized carbons (Fsp3) is 0.167. The number of aromatic carboxylic acids is 2. The van der Waals surface area contributed by atoms with Crippen LogP contribution in [0.25, 0.3) is 0 Å². The third-order valence-electron chi connectivity index (χ3n) is 3.77. The lowest BCUT2D eigenvalue weighted by atomic mass is 9.88. The molecular weight excluding hydrogens is 312 g/mol. The molecule has 24 heavy (non-hydrogen) atoms. The zero-order chi connectivity index (χ0) is 17.9. The average Bonchev–Trinajstić information content (AvgIpc) is 2.54. The number of rotatable bonds is 5. The molecule has 2 N–H and O–H groups in total. The van der Waals surface area contributed by atoms with E-state index >= 15 is 0 Å². The van der Waals surface area contributed by atoms with Gasteiger partial charge in [-0.3, -0.25) is 0 Å². The highest BCUT2D eigenvalue weighted by atomic mass is 16.5. The summed E-state index contributed by atoms with van der Waals surface area (Å²) in [6.45, 7) is 1.42. The Bertz CT molecular complexity index is 808. The van der Waals surface area contributed by atoms with Crippen molar-refractivity contribution in [2.75, 3.05) is 7.11 Å². The predicted molar refractivity (Wildman–Crippen MR) is 85.7 cm³/mol. The van der Waals surface area contributed by atoms with Crippen molar-refractivity contribution >= 4 is 17.9 Å². The molecule has 0 unspecified atom stereocenters. The van der Waals surface area contributed by atoms with Crippen molar-refractivity contribution in [1.29, 1.82) is 0 Å². The van der Waals surface area contributed by atoms with Crippen molar-refractivity contribution in [1.82, 2.24) is 0 Å². The minimum absolute atomic E-state index is 0.0539. The maximum absolute atomic E-state index is 12.1. The highest BCUT2D eigenvalue weighted by molar-refractivity contribution is 6.03. The zero-order valence-corrected chi connectivity index (χ0v) is 13.2. The Hall–Kier alpha value is -3.15. The summed E-state index contributed by atoms with van der Waals surface area (Å²) >= 11 is 0. The number of carboxylic acid groups (broad SMARTS) is 2. The fourth-order valence-corrected chi connectivity index (χ4v) is 2.62. The number of esters is 1. The van der Waals surface area contributed by atoms with Crippen LogP contribution in [0.3, 0.4) is 0 Å². The smallest absolute Gasteiger partial charge is 0.338 e. The Morgan fingerprint density at radius 3 is 2.12 bits per heavy atom. The van der Waals surface area contributed by atoms with Gasteiger partial charge < -0.3 is 14.9 Å². The van der Waals surface area contributed by atoms with Crippen LogP contribution in [0, 0.1) is 6.92 Å². The number of benzene rings is 2. The van der Waals surface area contributed by atoms with E-state index in [-0.39, 0.29) is 34.2 Å². The first kappa shape index (κ1) is 17.2. The number of carboxylic acids is 2. The van der Waals surface area contributed by atoms with Crippen LogP contribution in [-0.2, 0) is 11.2 Å². The van der Waals surface area contributed by atoms with Gasteiger partial charge in [-0.1, -0.05) is 30.3 Å². The Labute approximate surface area is 138 Å². The number of hydrogen-bond donors (Lipinski definition) is 2. The Kier molecular flexibility index (Phi) is 4.99. The van der Waals surface area contributed by atoms with Crippen LogP contribution in [0.1, 0.15) is 47.8 Å². The van der Waals surface area contributed by atoms with E-state index in [1.807, 2.05) is 6.07 Å². The largest absolute Gasteiger partial charge is 0.478 e. The van der Waals surface area contributed by atoms with E-state index in [1.54, 1.807) is 24.3 Å². The summed E-state index contributed by atoms with van der Waals surface area (Å²) in [5.41, 5.74) is 0.676. The molecule has 0 aliphatic rings. The summed E-state index contributed by atoms with van der Waals surface area (Å²) in [4.78, 5) is 35.2. The van der Waals surface area contributed by atoms with Crippen LogP contribution < -0.4 is 0 Å². The minimum Gasteiger partial charge on any atom is -0.478 e. The van der Waals surface area contributed by atoms with Crippen LogP contribution in [0.5, 0.6) is 0 Å². The lowest BCUT2D eigenvalue weighted by Gasteiger charge is -2.16. The number of hydrogen-bond acceptors (Lipinski definition) is 4. The molecule has 0 amide bonds. The molecule has 0 saturated carbocycles. The van der Waals surface area contributed by atoms with E-state index in [0.717, 1.165) is 12.7 Å². The third kappa shape index (κ3) is 3.27. The van der Waals surface area contributed by atoms with Crippen molar-refractivity contribution in [3.63, 3.8) is 0 Å². The summed E-state index contributed by atoms with van der Waals surface area (Å²) in [5, 5.41) is 18.9. The van der Waals surface area contributed by atoms with Gasteiger partial charge >= 0.3 is 17.9 Å². The molecular formula is C18H16O6. The second kappa shape index (κ2) is 6.95. The highest BCUT2D eigenvalue weighted by Crippen LogP contribution is 2.27. The first-order valence-corrected chi connectivity index (χ1v) is 7.12. The topological polar surface area (TPSA) is 101 Å². The van der Waals surface area contributed by atoms with Crippen molar-refractivity contribution in [3.8, 4) is 0 Å². The van der Waals surface area contributed by atoms with Crippen molar-refractivity contribution in [2.45, 2.75) is 13.3 Å². The lowest BCUT2D eigenvalue weighted by molar-refractivity contribution is 0.0599. The van der Waals surface area contributed by atoms with Gasteiger partial charge in [-0.2, -0.15) is 0 Å². The normalized spacial score (nSPS) is 10.2. The maximum atomic E-state index is 12.1. The number of carbonyl (C=O) groups is 3. The Morgan fingerprint density at radius 1 is 1.00 bits per heavy atom. The van der Waals surface area contributed by atoms with Gasteiger partial charge in [0.05, 0.1) is 23.8 Å². The summed E-state index contributed by atoms with van der Waals surface area (Å²) in [6.07, 6.45) is 0.174. The lowest BCUT2D eigenvalue weighted by Crippen LogP contribution is -2.17. The van der Waals surface area contributed by atoms with E-state index in [0.29, 0.717) is 0 Å². The molecule has 0 bridgehead atoms. The standard InChI is InChI=1S/C18H16O6/c1-10-12(16(19)20)9-14(18(23)24-2)13(15(10)17(21)22)8-11-6-4-3-5-7-11/h3-7,9H,8H2,1-2H3,(H,19,20)(H,21,22). The average molecular weight is 328 g/mol. The summed E-state index contributed by atoms with van der Waals surface area (Å²) < 4.78 is 4.70. The van der Waals surface area contributed by atoms with E-state index in [9.17, 15) is 24.6 Å². The van der Waals surface area contributed by atoms with Gasteiger partial charge in [0.25, 0.3) is 0 Å². The fourth-order valence-electron chi connectivity index (χ4n) is 2.62. The number of carbonyl (C=O) groups excluding carboxylic acids is 1. The zero-order valence-electron chi connectivity index (χ0n) is 13.2. The summed E-state index contributed by atoms with van der Waals surface area (Å²) in [5.74, 6) is -3.36. The molecule has 0 heterocycles. The second-order valence-corrected chi connectivity index (χ2v) is 5.21. The number of ether oxygens (including phenoxy) is 1. The molecule has 2 rings (SSSR count). The van der Waals surface area contributed by atoms with Gasteiger partial charge in [-0.15, -0.1) is 0 Å². The maximum Gasteiger partial charge on any atom is 0.338 e. The summed E-state index contributed by atoms with van der Waals surface area (Å²) in [7, 11) is 1.16. The molecule has 0 saturated heterocycles. The van der Waals surface area contributed by atoms with E-state index in [1.165, 1.54) is 13.0 Å². The van der Waals surface area contributed by atoms with Gasteiger partial charge in [0.2, 0.25) is 0 Å². The first-order chi connectivity index (χ1) is 11.4. The third-order valence-corrected chi connectivity index (χ3v) is 3.77. The SMILES string of the molecule is COC(=O)c1cc(C(=O)O)c(C)c(C(=O)O)c1Cc1ccccc1. The summed E-state index contributed by atoms with van der Waals surface area (Å²) in [6, 6.07) is 10.2. The molecule has 2 aromatic carbocycles. The van der Waals surface area contributed by atoms with Crippen molar-refractivity contribution in [2.24, 2.45) is 0 Å². The molecule has 0 fully saturated rings. The molecule has 2 aromatic rings. The molecule has 0 aromatic heterocycles. The van der Waals surface area contributed by atoms with Gasteiger partial charge in [0.15, 0.2) is 0 Å². The molecule has 0 atom stereocenters. The van der Waals surface area contributed by atoms with Crippen LogP contribution in [-0.4, -0.2) is 35.2 Å². The van der Waals surface area contributed by atoms with Crippen molar-refractivity contribution < 1.29 is 29.3 Å². The molecule has 6 nitrogen and oxygen atoms in total. The van der Waals surface area contributed by atoms with Crippen LogP contribution in [0.4, 0.5) is 0 Å². The van der Waals surface area contributed by atoms with Gasteiger partial charge in [-0.05, 0) is 36.1 Å². The molecule has 0 radical (unpaired) electrons. The molecule has 124 valence electrons. The van der Waals surface area contributed by atoms with Crippen LogP contribution in [0.15, 0.2) is 36.4 Å². The van der Waals surface area contributed by atoms with Gasteiger partial charge in [0, 0.05) is 0 Å². The highest BCUT2D eigenvalue weighted by Gasteiger charge is 2.26. The van der Waals surface area contributed by atoms with Crippen LogP contribution in [0.2, 0.25) is 0 Å². The Balaban J connectivity index is 2.77. The Morgan fingerprint density at radius 2 is 1.62 bits per heavy atom. The molecule has 0 aliphatic carbocycles. The van der Waals surface area contributed by atoms with Gasteiger partial charge in [0.1, 0.15) is 0 Å².